The van der Waals surface area contributed by atoms with E-state index in [1.54, 1.807) is 0 Å². The third kappa shape index (κ3) is 1.33. The Bertz CT molecular complexity index is 970. The van der Waals surface area contributed by atoms with Crippen LogP contribution in [-0.2, 0) is 0 Å². The van der Waals surface area contributed by atoms with E-state index in [2.05, 4.69) is 69.7 Å². The number of aryl methyl sites for hydroxylation is 1. The minimum absolute atomic E-state index is 0.602. The zero-order valence-electron chi connectivity index (χ0n) is 13.2. The van der Waals surface area contributed by atoms with Crippen LogP contribution < -0.4 is 4.48 Å². The van der Waals surface area contributed by atoms with E-state index in [0.717, 1.165) is 8.97 Å². The van der Waals surface area contributed by atoms with Gasteiger partial charge in [-0.2, -0.15) is 8.97 Å². The zero-order valence-corrected chi connectivity index (χ0v) is 14.0. The Labute approximate surface area is 134 Å². The van der Waals surface area contributed by atoms with Gasteiger partial charge in [-0.1, -0.05) is 18.2 Å². The van der Waals surface area contributed by atoms with Gasteiger partial charge < -0.3 is 0 Å². The van der Waals surface area contributed by atoms with E-state index in [9.17, 15) is 0 Å². The molecule has 0 N–H and O–H groups in total. The van der Waals surface area contributed by atoms with Crippen LogP contribution in [0.1, 0.15) is 12.5 Å². The molecule has 4 heterocycles. The third-order valence-corrected chi connectivity index (χ3v) is 7.01. The zero-order chi connectivity index (χ0) is 15.1. The summed E-state index contributed by atoms with van der Waals surface area (Å²) in [5.41, 5.74) is 2.90. The average molecular weight is 308 g/mol. The van der Waals surface area contributed by atoms with Crippen molar-refractivity contribution < 1.29 is 4.48 Å². The Morgan fingerprint density at radius 3 is 2.59 bits per heavy atom. The number of rotatable bonds is 1. The first-order valence-electron chi connectivity index (χ1n) is 7.89. The molecule has 0 aliphatic carbocycles. The van der Waals surface area contributed by atoms with E-state index in [0.29, 0.717) is 6.17 Å². The summed E-state index contributed by atoms with van der Waals surface area (Å²) in [5, 5.41) is 2.81. The molecule has 0 radical (unpaired) electrons. The molecule has 0 amide bonds. The SMILES string of the molecule is Cc1cc2c(cc1[N+]13C=C[N+](C)(C1)C3C)sc1ccccc12. The van der Waals surface area contributed by atoms with Gasteiger partial charge >= 0.3 is 0 Å². The highest BCUT2D eigenvalue weighted by Gasteiger charge is 2.66. The molecule has 110 valence electrons. The summed E-state index contributed by atoms with van der Waals surface area (Å²) in [6, 6.07) is 13.6. The topological polar surface area (TPSA) is 0 Å². The number of fused-ring (bicyclic) bond motifs is 3. The molecular formula is C19H20N2S+2. The van der Waals surface area contributed by atoms with Gasteiger partial charge in [0.05, 0.1) is 7.05 Å². The largest absolute Gasteiger partial charge is 0.235 e. The van der Waals surface area contributed by atoms with E-state index >= 15 is 0 Å². The predicted molar refractivity (Wildman–Crippen MR) is 95.5 cm³/mol. The molecule has 2 nitrogen and oxygen atoms in total. The van der Waals surface area contributed by atoms with E-state index in [4.69, 9.17) is 0 Å². The minimum atomic E-state index is 0.602. The lowest BCUT2D eigenvalue weighted by atomic mass is 10.0. The summed E-state index contributed by atoms with van der Waals surface area (Å²) in [4.78, 5) is 0. The van der Waals surface area contributed by atoms with Crippen LogP contribution in [0.4, 0.5) is 5.69 Å². The number of thiophene rings is 1. The Balaban J connectivity index is 1.78. The van der Waals surface area contributed by atoms with Crippen LogP contribution in [0.25, 0.3) is 20.2 Å². The van der Waals surface area contributed by atoms with Crippen molar-refractivity contribution >= 4 is 37.2 Å². The first-order valence-corrected chi connectivity index (χ1v) is 8.70. The summed E-state index contributed by atoms with van der Waals surface area (Å²) in [7, 11) is 2.33. The van der Waals surface area contributed by atoms with Gasteiger partial charge in [-0.3, -0.25) is 0 Å². The van der Waals surface area contributed by atoms with Gasteiger partial charge in [0.25, 0.3) is 0 Å². The van der Waals surface area contributed by atoms with Crippen molar-refractivity contribution in [1.29, 1.82) is 0 Å². The summed E-state index contributed by atoms with van der Waals surface area (Å²) >= 11 is 1.92. The molecule has 3 aliphatic rings. The second kappa shape index (κ2) is 3.80. The van der Waals surface area contributed by atoms with Gasteiger partial charge in [-0.05, 0) is 19.1 Å². The molecule has 1 saturated heterocycles. The Morgan fingerprint density at radius 2 is 1.86 bits per heavy atom. The van der Waals surface area contributed by atoms with Crippen LogP contribution in [-0.4, -0.2) is 24.4 Å². The Kier molecular flexibility index (Phi) is 2.21. The highest BCUT2D eigenvalue weighted by atomic mass is 32.1. The van der Waals surface area contributed by atoms with E-state index in [1.807, 2.05) is 11.3 Å². The van der Waals surface area contributed by atoms with Crippen molar-refractivity contribution in [2.24, 2.45) is 0 Å². The predicted octanol–water partition coefficient (Wildman–Crippen LogP) is 4.92. The molecule has 3 heteroatoms. The lowest BCUT2D eigenvalue weighted by Gasteiger charge is -2.51. The van der Waals surface area contributed by atoms with Gasteiger partial charge in [-0.25, -0.2) is 0 Å². The van der Waals surface area contributed by atoms with Crippen molar-refractivity contribution in [3.8, 4) is 0 Å². The summed E-state index contributed by atoms with van der Waals surface area (Å²) in [5.74, 6) is 0. The highest BCUT2D eigenvalue weighted by molar-refractivity contribution is 7.25. The first-order chi connectivity index (χ1) is 10.5. The monoisotopic (exact) mass is 308 g/mol. The molecule has 1 fully saturated rings. The average Bonchev–Trinajstić information content (AvgIpc) is 3.13. The van der Waals surface area contributed by atoms with Gasteiger partial charge in [0.2, 0.25) is 12.8 Å². The molecule has 1 aromatic heterocycles. The Morgan fingerprint density at radius 1 is 1.05 bits per heavy atom. The van der Waals surface area contributed by atoms with Crippen molar-refractivity contribution in [2.75, 3.05) is 13.7 Å². The number of hydrogen-bond donors (Lipinski definition) is 0. The fraction of sp³-hybridized carbons (Fsp3) is 0.263. The van der Waals surface area contributed by atoms with Crippen molar-refractivity contribution in [3.05, 3.63) is 54.4 Å². The molecule has 6 rings (SSSR count). The maximum Gasteiger partial charge on any atom is 0.235 e. The highest BCUT2D eigenvalue weighted by Crippen LogP contribution is 2.50. The van der Waals surface area contributed by atoms with Crippen molar-refractivity contribution in [1.82, 2.24) is 4.48 Å². The molecule has 2 aromatic carbocycles. The Hall–Kier alpha value is -1.68. The molecule has 0 spiro atoms. The number of nitrogens with zero attached hydrogens (tertiary/aromatic N) is 2. The van der Waals surface area contributed by atoms with Crippen molar-refractivity contribution in [3.63, 3.8) is 0 Å². The van der Waals surface area contributed by atoms with Crippen LogP contribution in [0.15, 0.2) is 48.8 Å². The molecule has 3 unspecified atom stereocenters. The summed E-state index contributed by atoms with van der Waals surface area (Å²) < 4.78 is 4.90. The van der Waals surface area contributed by atoms with E-state index in [1.165, 1.54) is 38.1 Å². The molecular weight excluding hydrogens is 288 g/mol. The standard InChI is InChI=1S/C19H20N2S/c1-13-10-16-15-6-4-5-7-18(15)22-19(16)11-17(13)21-9-8-20(3,12-21)14(21)2/h4-11,14H,12H2,1-3H3/q+2. The fourth-order valence-corrected chi connectivity index (χ4v) is 5.53. The van der Waals surface area contributed by atoms with Gasteiger partial charge in [-0.15, -0.1) is 11.3 Å². The van der Waals surface area contributed by atoms with E-state index in [-0.39, 0.29) is 0 Å². The van der Waals surface area contributed by atoms with E-state index < -0.39 is 0 Å². The van der Waals surface area contributed by atoms with Crippen LogP contribution in [0.3, 0.4) is 0 Å². The normalized spacial score (nSPS) is 32.8. The quantitative estimate of drug-likeness (QED) is 0.560. The third-order valence-electron chi connectivity index (χ3n) is 5.88. The lowest BCUT2D eigenvalue weighted by molar-refractivity contribution is -0.941. The number of hydrogen-bond acceptors (Lipinski definition) is 1. The molecule has 0 saturated carbocycles. The summed E-state index contributed by atoms with van der Waals surface area (Å²) in [6.45, 7) is 5.81. The van der Waals surface area contributed by atoms with Crippen LogP contribution in [0, 0.1) is 6.92 Å². The number of benzene rings is 2. The molecule has 3 aliphatic heterocycles. The minimum Gasteiger partial charge on any atom is -0.199 e. The van der Waals surface area contributed by atoms with Crippen LogP contribution in [0.5, 0.6) is 0 Å². The molecule has 22 heavy (non-hydrogen) atoms. The van der Waals surface area contributed by atoms with Crippen molar-refractivity contribution in [2.45, 2.75) is 20.0 Å². The van der Waals surface area contributed by atoms with Crippen LogP contribution in [0.2, 0.25) is 0 Å². The van der Waals surface area contributed by atoms with Gasteiger partial charge in [0, 0.05) is 38.7 Å². The molecule has 3 aromatic rings. The fourth-order valence-electron chi connectivity index (χ4n) is 4.40. The lowest BCUT2D eigenvalue weighted by Crippen LogP contribution is -2.76. The molecule has 2 bridgehead atoms. The maximum atomic E-state index is 2.45. The first kappa shape index (κ1) is 12.8. The van der Waals surface area contributed by atoms with Gasteiger partial charge in [0.15, 0.2) is 18.1 Å². The van der Waals surface area contributed by atoms with Crippen LogP contribution >= 0.6 is 11.3 Å². The smallest absolute Gasteiger partial charge is 0.199 e. The second-order valence-corrected chi connectivity index (χ2v) is 8.17. The van der Waals surface area contributed by atoms with Gasteiger partial charge in [0.1, 0.15) is 0 Å². The maximum absolute atomic E-state index is 2.45. The number of quaternary nitrogens is 2. The second-order valence-electron chi connectivity index (χ2n) is 7.08. The molecule has 3 atom stereocenters. The summed E-state index contributed by atoms with van der Waals surface area (Å²) in [6.07, 6.45) is 5.39.